The van der Waals surface area contributed by atoms with Crippen LogP contribution in [0.1, 0.15) is 5.56 Å². The van der Waals surface area contributed by atoms with Gasteiger partial charge in [-0.15, -0.1) is 17.0 Å². The Morgan fingerprint density at radius 3 is 1.79 bits per heavy atom. The fourth-order valence-electron chi connectivity index (χ4n) is 0.693. The quantitative estimate of drug-likeness (QED) is 0.177. The molecule has 0 unspecified atom stereocenters. The Hall–Kier alpha value is 0.320. The summed E-state index contributed by atoms with van der Waals surface area (Å²) in [7, 11) is 0. The molecule has 0 saturated heterocycles. The molecule has 0 amide bonds. The van der Waals surface area contributed by atoms with Crippen molar-refractivity contribution in [3.63, 3.8) is 0 Å². The molecule has 1 rings (SSSR count). The molecule has 0 atom stereocenters. The van der Waals surface area contributed by atoms with Crippen molar-refractivity contribution in [2.45, 2.75) is 0 Å². The Labute approximate surface area is 172 Å². The summed E-state index contributed by atoms with van der Waals surface area (Å²) < 4.78 is 0. The third kappa shape index (κ3) is 20.8. The van der Waals surface area contributed by atoms with E-state index in [0.717, 1.165) is 5.56 Å². The van der Waals surface area contributed by atoms with Crippen LogP contribution in [0.15, 0.2) is 30.3 Å². The number of hydrogen-bond donors (Lipinski definition) is 1. The van der Waals surface area contributed by atoms with E-state index >= 15 is 0 Å². The minimum Gasteiger partial charge on any atom is -1.00 e. The van der Waals surface area contributed by atoms with Gasteiger partial charge in [-0.2, -0.15) is 0 Å². The third-order valence-corrected chi connectivity index (χ3v) is 1.18. The molecule has 0 heterocycles. The summed E-state index contributed by atoms with van der Waals surface area (Å²) in [5.41, 5.74) is 7.18. The molecule has 0 spiro atoms. The van der Waals surface area contributed by atoms with Gasteiger partial charge in [-0.05, 0) is 12.1 Å². The Balaban J connectivity index is -0.0000000704. The minimum atomic E-state index is 0. The maximum Gasteiger partial charge on any atom is 0.838 e. The van der Waals surface area contributed by atoms with Crippen LogP contribution in [-0.2, 0) is 0 Å². The average Bonchev–Trinajstić information content (AvgIpc) is 2.19. The number of benzene rings is 1. The van der Waals surface area contributed by atoms with E-state index in [0.29, 0.717) is 0 Å². The van der Waals surface area contributed by atoms with Crippen LogP contribution in [-0.4, -0.2) is 11.0 Å². The van der Waals surface area contributed by atoms with E-state index in [9.17, 15) is 0 Å². The second-order valence-corrected chi connectivity index (χ2v) is 2.02. The van der Waals surface area contributed by atoms with Crippen molar-refractivity contribution in [1.29, 1.82) is 5.53 Å². The van der Waals surface area contributed by atoms with Gasteiger partial charge in [0.2, 0.25) is 0 Å². The lowest BCUT2D eigenvalue weighted by Crippen LogP contribution is -3.00. The van der Waals surface area contributed by atoms with Crippen molar-refractivity contribution in [2.75, 3.05) is 0 Å². The molecular formula is C7H8Br6N6. The van der Waals surface area contributed by atoms with Crippen LogP contribution in [0.3, 0.4) is 0 Å². The van der Waals surface area contributed by atoms with E-state index in [-0.39, 0.29) is 102 Å². The molecule has 0 radical (unpaired) electrons. The molecule has 1 aromatic rings. The smallest absolute Gasteiger partial charge is 0.838 e. The highest BCUT2D eigenvalue weighted by Gasteiger charge is 2.06. The first kappa shape index (κ1) is 36.5. The molecule has 0 aliphatic carbocycles. The zero-order valence-corrected chi connectivity index (χ0v) is 18.6. The number of rotatable bonds is 1. The van der Waals surface area contributed by atoms with Gasteiger partial charge >= 0.3 is 36.2 Å². The zero-order valence-electron chi connectivity index (χ0n) is 9.00. The maximum atomic E-state index is 6.25. The van der Waals surface area contributed by atoms with Gasteiger partial charge in [0, 0.05) is 0 Å². The van der Waals surface area contributed by atoms with Crippen LogP contribution in [0.5, 0.6) is 0 Å². The van der Waals surface area contributed by atoms with Crippen LogP contribution in [0.25, 0.3) is 0 Å². The SMILES string of the molecule is Br.N=[N+]=[N+]=[N+]=[N+]=[N+]=Cc1ccccc1.[Br-].[Br-].[Br-].[Br-].[Br-]. The van der Waals surface area contributed by atoms with Gasteiger partial charge in [0.25, 0.3) is 0 Å². The lowest BCUT2D eigenvalue weighted by Gasteiger charge is -1.77. The van der Waals surface area contributed by atoms with Crippen molar-refractivity contribution in [1.82, 2.24) is 19.6 Å². The van der Waals surface area contributed by atoms with E-state index in [1.807, 2.05) is 30.3 Å². The maximum absolute atomic E-state index is 6.25. The summed E-state index contributed by atoms with van der Waals surface area (Å²) in [6, 6.07) is 9.45. The van der Waals surface area contributed by atoms with Gasteiger partial charge in [0.1, 0.15) is 0 Å². The minimum absolute atomic E-state index is 0. The molecular weight excluding hydrogens is 648 g/mol. The lowest BCUT2D eigenvalue weighted by atomic mass is 10.2. The summed E-state index contributed by atoms with van der Waals surface area (Å²) in [5, 5.41) is 0. The molecule has 0 bridgehead atoms. The highest BCUT2D eigenvalue weighted by molar-refractivity contribution is 8.93. The van der Waals surface area contributed by atoms with Gasteiger partial charge < -0.3 is 84.9 Å². The standard InChI is InChI=1S/C7H7N6.6BrH/c8-10-12-13-11-9-6-7-4-2-1-3-5-7;;;;;;/h1-6,8H;6*1H/q+5;;;;;;/p-5. The normalized spacial score (nSPS) is 4.63. The second-order valence-electron chi connectivity index (χ2n) is 2.02. The first-order valence-corrected chi connectivity index (χ1v) is 3.48. The predicted octanol–water partition coefficient (Wildman–Crippen LogP) is -15.0. The Bertz CT molecular complexity index is 478. The number of nitrogens with zero attached hydrogens (tertiary/aromatic N) is 5. The monoisotopic (exact) mass is 650 g/mol. The molecule has 19 heavy (non-hydrogen) atoms. The molecule has 108 valence electrons. The number of hydrogen-bond acceptors (Lipinski definition) is 1. The highest BCUT2D eigenvalue weighted by Crippen LogP contribution is 1.91. The summed E-state index contributed by atoms with van der Waals surface area (Å²) in [6.45, 7) is 0. The molecule has 6 nitrogen and oxygen atoms in total. The van der Waals surface area contributed by atoms with E-state index < -0.39 is 0 Å². The van der Waals surface area contributed by atoms with Crippen LogP contribution in [0.2, 0.25) is 0 Å². The van der Waals surface area contributed by atoms with Gasteiger partial charge in [0.15, 0.2) is 0 Å². The van der Waals surface area contributed by atoms with E-state index in [2.05, 4.69) is 24.4 Å². The molecule has 0 fully saturated rings. The van der Waals surface area contributed by atoms with Gasteiger partial charge in [-0.25, -0.2) is 0 Å². The summed E-state index contributed by atoms with van der Waals surface area (Å²) in [4.78, 5) is 15.5. The van der Waals surface area contributed by atoms with Crippen LogP contribution in [0, 0.1) is 5.53 Å². The predicted molar refractivity (Wildman–Crippen MR) is 53.4 cm³/mol. The highest BCUT2D eigenvalue weighted by atomic mass is 79.9. The fraction of sp³-hybridized carbons (Fsp3) is 0. The largest absolute Gasteiger partial charge is 1.00 e. The van der Waals surface area contributed by atoms with Crippen molar-refractivity contribution in [3.8, 4) is 0 Å². The molecule has 0 saturated carbocycles. The molecule has 0 aliphatic heterocycles. The molecule has 1 N–H and O–H groups in total. The number of nitrogens with one attached hydrogen (secondary N) is 1. The average molecular weight is 656 g/mol. The number of halogens is 6. The zero-order chi connectivity index (χ0) is 9.36. The van der Waals surface area contributed by atoms with Crippen LogP contribution >= 0.6 is 17.0 Å². The van der Waals surface area contributed by atoms with E-state index in [1.54, 1.807) is 0 Å². The fourth-order valence-corrected chi connectivity index (χ4v) is 0.693. The second kappa shape index (κ2) is 26.8. The molecule has 0 aliphatic rings. The van der Waals surface area contributed by atoms with Crippen molar-refractivity contribution in [3.05, 3.63) is 35.9 Å². The Kier molecular flexibility index (Phi) is 51.6. The van der Waals surface area contributed by atoms with Crippen molar-refractivity contribution < 1.29 is 89.7 Å². The van der Waals surface area contributed by atoms with Crippen molar-refractivity contribution in [2.24, 2.45) is 0 Å². The molecule has 0 aromatic heterocycles. The van der Waals surface area contributed by atoms with Gasteiger partial charge in [-0.3, -0.25) is 0 Å². The van der Waals surface area contributed by atoms with Gasteiger partial charge in [0.05, 0.1) is 5.56 Å². The summed E-state index contributed by atoms with van der Waals surface area (Å²) >= 11 is 0. The van der Waals surface area contributed by atoms with Crippen LogP contribution < -0.4 is 105 Å². The first-order valence-electron chi connectivity index (χ1n) is 3.48. The Morgan fingerprint density at radius 2 is 1.32 bits per heavy atom. The van der Waals surface area contributed by atoms with Crippen LogP contribution in [0.4, 0.5) is 0 Å². The lowest BCUT2D eigenvalue weighted by molar-refractivity contribution is -0.0965. The van der Waals surface area contributed by atoms with E-state index in [1.165, 1.54) is 6.21 Å². The summed E-state index contributed by atoms with van der Waals surface area (Å²) in [6.07, 6.45) is 1.53. The van der Waals surface area contributed by atoms with E-state index in [4.69, 9.17) is 5.53 Å². The summed E-state index contributed by atoms with van der Waals surface area (Å²) in [5.74, 6) is 0. The topological polar surface area (TPSA) is 94.3 Å². The molecule has 12 heteroatoms. The molecule has 1 aromatic carbocycles. The first-order chi connectivity index (χ1) is 6.43. The van der Waals surface area contributed by atoms with Gasteiger partial charge in [-0.1, -0.05) is 18.2 Å². The third-order valence-electron chi connectivity index (χ3n) is 1.18. The van der Waals surface area contributed by atoms with Crippen molar-refractivity contribution >= 4 is 23.2 Å². The Morgan fingerprint density at radius 1 is 0.789 bits per heavy atom.